The first-order valence-electron chi connectivity index (χ1n) is 9.26. The van der Waals surface area contributed by atoms with Gasteiger partial charge in [0.1, 0.15) is 5.25 Å². The molecule has 1 aliphatic rings. The molecule has 0 bridgehead atoms. The van der Waals surface area contributed by atoms with Crippen molar-refractivity contribution in [1.82, 2.24) is 5.32 Å². The molecule has 2 N–H and O–H groups in total. The summed E-state index contributed by atoms with van der Waals surface area (Å²) in [7, 11) is 0. The summed E-state index contributed by atoms with van der Waals surface area (Å²) < 4.78 is 38.4. The zero-order valence-electron chi connectivity index (χ0n) is 16.7. The minimum atomic E-state index is -4.51. The molecule has 1 saturated heterocycles. The molecule has 2 amide bonds. The van der Waals surface area contributed by atoms with E-state index in [1.54, 1.807) is 6.92 Å². The quantitative estimate of drug-likeness (QED) is 0.527. The molecule has 162 valence electrons. The third kappa shape index (κ3) is 6.17. The fourth-order valence-corrected chi connectivity index (χ4v) is 3.63. The lowest BCUT2D eigenvalue weighted by Gasteiger charge is -2.10. The maximum absolute atomic E-state index is 12.8. The van der Waals surface area contributed by atoms with Crippen molar-refractivity contribution < 1.29 is 22.8 Å². The van der Waals surface area contributed by atoms with Gasteiger partial charge in [0.25, 0.3) is 0 Å². The van der Waals surface area contributed by atoms with Gasteiger partial charge in [-0.25, -0.2) is 0 Å². The fraction of sp³-hybridized carbons (Fsp3) is 0.238. The predicted molar refractivity (Wildman–Crippen MR) is 115 cm³/mol. The van der Waals surface area contributed by atoms with Crippen LogP contribution in [-0.4, -0.2) is 27.9 Å². The van der Waals surface area contributed by atoms with Crippen molar-refractivity contribution >= 4 is 40.1 Å². The predicted octanol–water partition coefficient (Wildman–Crippen LogP) is 4.35. The maximum Gasteiger partial charge on any atom is 0.416 e. The molecule has 1 aliphatic heterocycles. The molecule has 0 spiro atoms. The Morgan fingerprint density at radius 2 is 1.90 bits per heavy atom. The van der Waals surface area contributed by atoms with Gasteiger partial charge < -0.3 is 10.6 Å². The van der Waals surface area contributed by atoms with Crippen LogP contribution in [0.1, 0.15) is 30.0 Å². The number of rotatable bonds is 5. The Hall–Kier alpha value is -3.14. The van der Waals surface area contributed by atoms with Gasteiger partial charge in [-0.1, -0.05) is 47.7 Å². The number of benzene rings is 2. The monoisotopic (exact) mass is 448 g/mol. The van der Waals surface area contributed by atoms with Crippen molar-refractivity contribution in [2.24, 2.45) is 10.2 Å². The highest BCUT2D eigenvalue weighted by atomic mass is 32.2. The smallest absolute Gasteiger partial charge is 0.326 e. The Kier molecular flexibility index (Phi) is 6.79. The van der Waals surface area contributed by atoms with Gasteiger partial charge in [0.05, 0.1) is 11.3 Å². The van der Waals surface area contributed by atoms with Crippen LogP contribution in [0.15, 0.2) is 58.7 Å². The van der Waals surface area contributed by atoms with Crippen LogP contribution in [-0.2, 0) is 15.8 Å². The van der Waals surface area contributed by atoms with Crippen molar-refractivity contribution in [1.29, 1.82) is 0 Å². The van der Waals surface area contributed by atoms with E-state index in [1.807, 2.05) is 31.2 Å². The molecule has 1 atom stereocenters. The first-order chi connectivity index (χ1) is 14.6. The highest BCUT2D eigenvalue weighted by molar-refractivity contribution is 8.15. The third-order valence-electron chi connectivity index (χ3n) is 4.38. The third-order valence-corrected chi connectivity index (χ3v) is 5.45. The highest BCUT2D eigenvalue weighted by Gasteiger charge is 2.33. The summed E-state index contributed by atoms with van der Waals surface area (Å²) in [5.41, 5.74) is 1.81. The van der Waals surface area contributed by atoms with Crippen LogP contribution in [0, 0.1) is 6.92 Å². The van der Waals surface area contributed by atoms with E-state index in [0.717, 1.165) is 35.0 Å². The molecule has 6 nitrogen and oxygen atoms in total. The number of hydrogen-bond donors (Lipinski definition) is 2. The van der Waals surface area contributed by atoms with Crippen LogP contribution in [0.2, 0.25) is 0 Å². The molecule has 0 radical (unpaired) electrons. The van der Waals surface area contributed by atoms with E-state index in [1.165, 1.54) is 12.1 Å². The molecule has 2 aromatic rings. The number of aryl methyl sites for hydroxylation is 1. The second-order valence-corrected chi connectivity index (χ2v) is 8.07. The number of anilines is 1. The van der Waals surface area contributed by atoms with E-state index in [4.69, 9.17) is 0 Å². The standard InChI is InChI=1S/C21H19F3N4O2S/c1-12-6-8-14(9-7-12)13(2)27-28-20-26-19(30)17(31-20)11-18(29)25-16-5-3-4-15(10-16)21(22,23)24/h3-10,17H,11H2,1-2H3,(H,25,29)(H,26,28,30). The highest BCUT2D eigenvalue weighted by Crippen LogP contribution is 2.31. The van der Waals surface area contributed by atoms with Crippen LogP contribution in [0.3, 0.4) is 0 Å². The number of nitrogens with one attached hydrogen (secondary N) is 2. The van der Waals surface area contributed by atoms with E-state index >= 15 is 0 Å². The van der Waals surface area contributed by atoms with Gasteiger partial charge in [0, 0.05) is 12.1 Å². The Bertz CT molecular complexity index is 1050. The fourth-order valence-electron chi connectivity index (χ4n) is 2.71. The second-order valence-electron chi connectivity index (χ2n) is 6.88. The lowest BCUT2D eigenvalue weighted by molar-refractivity contribution is -0.137. The zero-order valence-corrected chi connectivity index (χ0v) is 17.5. The summed E-state index contributed by atoms with van der Waals surface area (Å²) in [6, 6.07) is 12.0. The van der Waals surface area contributed by atoms with E-state index in [2.05, 4.69) is 20.8 Å². The van der Waals surface area contributed by atoms with Crippen LogP contribution >= 0.6 is 11.8 Å². The van der Waals surface area contributed by atoms with E-state index in [-0.39, 0.29) is 17.3 Å². The number of hydrogen-bond acceptors (Lipinski definition) is 5. The Balaban J connectivity index is 1.60. The number of carbonyl (C=O) groups excluding carboxylic acids is 2. The van der Waals surface area contributed by atoms with Crippen LogP contribution in [0.25, 0.3) is 0 Å². The number of halogens is 3. The molecule has 10 heteroatoms. The van der Waals surface area contributed by atoms with Crippen molar-refractivity contribution in [2.45, 2.75) is 31.7 Å². The lowest BCUT2D eigenvalue weighted by atomic mass is 10.1. The van der Waals surface area contributed by atoms with Gasteiger partial charge in [-0.05, 0) is 37.6 Å². The molecule has 0 aliphatic carbocycles. The van der Waals surface area contributed by atoms with Crippen LogP contribution in [0.5, 0.6) is 0 Å². The Morgan fingerprint density at radius 1 is 1.19 bits per heavy atom. The van der Waals surface area contributed by atoms with E-state index in [9.17, 15) is 22.8 Å². The van der Waals surface area contributed by atoms with Gasteiger partial charge in [-0.3, -0.25) is 9.59 Å². The number of alkyl halides is 3. The molecular formula is C21H19F3N4O2S. The molecule has 0 saturated carbocycles. The minimum absolute atomic E-state index is 0.00967. The van der Waals surface area contributed by atoms with Gasteiger partial charge >= 0.3 is 6.18 Å². The largest absolute Gasteiger partial charge is 0.416 e. The molecule has 1 unspecified atom stereocenters. The second kappa shape index (κ2) is 9.34. The summed E-state index contributed by atoms with van der Waals surface area (Å²) in [5, 5.41) is 12.6. The van der Waals surface area contributed by atoms with Gasteiger partial charge in [0.15, 0.2) is 5.17 Å². The van der Waals surface area contributed by atoms with Crippen LogP contribution < -0.4 is 10.6 Å². The number of nitrogens with zero attached hydrogens (tertiary/aromatic N) is 2. The molecule has 0 aromatic heterocycles. The summed E-state index contributed by atoms with van der Waals surface area (Å²) in [4.78, 5) is 24.3. The molecule has 1 fully saturated rings. The number of carbonyl (C=O) groups is 2. The van der Waals surface area contributed by atoms with Gasteiger partial charge in [0.2, 0.25) is 11.8 Å². The summed E-state index contributed by atoms with van der Waals surface area (Å²) in [6.45, 7) is 3.76. The molecule has 3 rings (SSSR count). The first kappa shape index (κ1) is 22.5. The lowest BCUT2D eigenvalue weighted by Crippen LogP contribution is -2.28. The average molecular weight is 448 g/mol. The SMILES string of the molecule is CC(=NN=C1NC(=O)C(CC(=O)Nc2cccc(C(F)(F)F)c2)S1)c1ccc(C)cc1. The van der Waals surface area contributed by atoms with Gasteiger partial charge in [-0.2, -0.15) is 18.3 Å². The number of thioether (sulfide) groups is 1. The average Bonchev–Trinajstić information content (AvgIpc) is 3.05. The Morgan fingerprint density at radius 3 is 2.58 bits per heavy atom. The van der Waals surface area contributed by atoms with Crippen molar-refractivity contribution in [3.05, 3.63) is 65.2 Å². The first-order valence-corrected chi connectivity index (χ1v) is 10.1. The van der Waals surface area contributed by atoms with Crippen molar-refractivity contribution in [2.75, 3.05) is 5.32 Å². The topological polar surface area (TPSA) is 82.9 Å². The normalized spacial score (nSPS) is 18.2. The summed E-state index contributed by atoms with van der Waals surface area (Å²) >= 11 is 1.05. The maximum atomic E-state index is 12.8. The van der Waals surface area contributed by atoms with Gasteiger partial charge in [-0.15, -0.1) is 5.10 Å². The Labute approximate surface area is 181 Å². The molecular weight excluding hydrogens is 429 g/mol. The summed E-state index contributed by atoms with van der Waals surface area (Å²) in [5.74, 6) is -0.987. The van der Waals surface area contributed by atoms with Crippen LogP contribution in [0.4, 0.5) is 18.9 Å². The van der Waals surface area contributed by atoms with Crippen molar-refractivity contribution in [3.63, 3.8) is 0 Å². The van der Waals surface area contributed by atoms with E-state index < -0.39 is 28.8 Å². The minimum Gasteiger partial charge on any atom is -0.326 e. The molecule has 31 heavy (non-hydrogen) atoms. The molecule has 2 aromatic carbocycles. The summed E-state index contributed by atoms with van der Waals surface area (Å²) in [6.07, 6.45) is -4.73. The van der Waals surface area contributed by atoms with E-state index in [0.29, 0.717) is 5.71 Å². The van der Waals surface area contributed by atoms with Crippen molar-refractivity contribution in [3.8, 4) is 0 Å². The molecule has 1 heterocycles. The number of amidine groups is 1. The number of amides is 2. The zero-order chi connectivity index (χ0) is 22.6.